The predicted molar refractivity (Wildman–Crippen MR) is 69.4 cm³/mol. The number of carbonyl (C=O) groups is 1. The first-order valence-electron chi connectivity index (χ1n) is 5.48. The van der Waals surface area contributed by atoms with Gasteiger partial charge in [-0.1, -0.05) is 0 Å². The van der Waals surface area contributed by atoms with Crippen LogP contribution in [0.2, 0.25) is 0 Å². The highest BCUT2D eigenvalue weighted by molar-refractivity contribution is 7.90. The summed E-state index contributed by atoms with van der Waals surface area (Å²) >= 11 is 0. The normalized spacial score (nSPS) is 10.5. The Labute approximate surface area is 111 Å². The summed E-state index contributed by atoms with van der Waals surface area (Å²) in [4.78, 5) is 11.3. The minimum atomic E-state index is -3.08. The Morgan fingerprint density at radius 3 is 2.53 bits per heavy atom. The molecule has 0 fully saturated rings. The lowest BCUT2D eigenvalue weighted by Crippen LogP contribution is -2.32. The molecule has 102 valence electrons. The summed E-state index contributed by atoms with van der Waals surface area (Å²) in [6, 6.07) is 8.30. The molecule has 0 bridgehead atoms. The maximum Gasteiger partial charge on any atom is 0.257 e. The largest absolute Gasteiger partial charge is 0.484 e. The van der Waals surface area contributed by atoms with E-state index in [1.165, 1.54) is 0 Å². The van der Waals surface area contributed by atoms with E-state index in [1.807, 2.05) is 6.07 Å². The molecular weight excluding hydrogens is 268 g/mol. The van der Waals surface area contributed by atoms with Gasteiger partial charge in [-0.25, -0.2) is 8.42 Å². The topological polar surface area (TPSA) is 96.3 Å². The second-order valence-electron chi connectivity index (χ2n) is 3.90. The van der Waals surface area contributed by atoms with Gasteiger partial charge in [0.2, 0.25) is 0 Å². The average Bonchev–Trinajstić information content (AvgIpc) is 2.35. The van der Waals surface area contributed by atoms with Crippen LogP contribution >= 0.6 is 0 Å². The molecule has 19 heavy (non-hydrogen) atoms. The number of benzene rings is 1. The minimum absolute atomic E-state index is 0.0639. The third-order valence-electron chi connectivity index (χ3n) is 2.15. The number of amides is 1. The number of carbonyl (C=O) groups excluding carboxylic acids is 1. The van der Waals surface area contributed by atoms with Crippen molar-refractivity contribution in [2.75, 3.05) is 25.2 Å². The van der Waals surface area contributed by atoms with Crippen LogP contribution in [0.25, 0.3) is 0 Å². The quantitative estimate of drug-likeness (QED) is 0.798. The highest BCUT2D eigenvalue weighted by Gasteiger charge is 2.05. The number of ether oxygens (including phenoxy) is 1. The molecule has 0 unspecified atom stereocenters. The van der Waals surface area contributed by atoms with E-state index in [4.69, 9.17) is 10.00 Å². The zero-order valence-corrected chi connectivity index (χ0v) is 11.2. The molecule has 0 aliphatic carbocycles. The predicted octanol–water partition coefficient (Wildman–Crippen LogP) is 0.0979. The van der Waals surface area contributed by atoms with Crippen LogP contribution < -0.4 is 10.1 Å². The van der Waals surface area contributed by atoms with Crippen molar-refractivity contribution in [1.29, 1.82) is 5.26 Å². The van der Waals surface area contributed by atoms with E-state index in [1.54, 1.807) is 24.3 Å². The Hall–Kier alpha value is -2.07. The van der Waals surface area contributed by atoms with E-state index in [0.717, 1.165) is 6.26 Å². The smallest absolute Gasteiger partial charge is 0.257 e. The van der Waals surface area contributed by atoms with Crippen molar-refractivity contribution in [3.05, 3.63) is 29.8 Å². The molecule has 1 amide bonds. The third kappa shape index (κ3) is 6.43. The summed E-state index contributed by atoms with van der Waals surface area (Å²) in [6.07, 6.45) is 1.10. The van der Waals surface area contributed by atoms with Crippen LogP contribution in [0.3, 0.4) is 0 Å². The Bertz CT molecular complexity index is 573. The fourth-order valence-corrected chi connectivity index (χ4v) is 1.67. The van der Waals surface area contributed by atoms with Crippen LogP contribution in [-0.2, 0) is 14.6 Å². The van der Waals surface area contributed by atoms with Crippen LogP contribution in [0, 0.1) is 11.3 Å². The zero-order chi connectivity index (χ0) is 14.3. The van der Waals surface area contributed by atoms with Gasteiger partial charge in [-0.2, -0.15) is 5.26 Å². The van der Waals surface area contributed by atoms with Gasteiger partial charge in [0.05, 0.1) is 17.4 Å². The molecule has 0 aromatic heterocycles. The Kier molecular flexibility index (Phi) is 5.33. The van der Waals surface area contributed by atoms with Crippen molar-refractivity contribution in [2.45, 2.75) is 0 Å². The number of hydrogen-bond donors (Lipinski definition) is 1. The summed E-state index contributed by atoms with van der Waals surface area (Å²) in [5.74, 6) is -0.0273. The Morgan fingerprint density at radius 1 is 1.37 bits per heavy atom. The molecule has 7 heteroatoms. The summed E-state index contributed by atoms with van der Waals surface area (Å²) in [6.45, 7) is -0.135. The van der Waals surface area contributed by atoms with Gasteiger partial charge in [-0.15, -0.1) is 0 Å². The van der Waals surface area contributed by atoms with E-state index in [-0.39, 0.29) is 18.9 Å². The number of nitrogens with zero attached hydrogens (tertiary/aromatic N) is 1. The third-order valence-corrected chi connectivity index (χ3v) is 3.09. The van der Waals surface area contributed by atoms with Crippen molar-refractivity contribution in [3.8, 4) is 11.8 Å². The maximum atomic E-state index is 11.3. The van der Waals surface area contributed by atoms with Crippen LogP contribution in [0.1, 0.15) is 5.56 Å². The highest BCUT2D eigenvalue weighted by Crippen LogP contribution is 2.10. The van der Waals surface area contributed by atoms with Gasteiger partial charge in [0.15, 0.2) is 6.61 Å². The molecule has 0 aliphatic heterocycles. The standard InChI is InChI=1S/C12H14N2O4S/c1-19(16,17)7-6-14-12(15)9-18-11-4-2-10(8-13)3-5-11/h2-5H,6-7,9H2,1H3,(H,14,15). The first-order chi connectivity index (χ1) is 8.90. The Balaban J connectivity index is 2.32. The van der Waals surface area contributed by atoms with Gasteiger partial charge in [0.25, 0.3) is 5.91 Å². The lowest BCUT2D eigenvalue weighted by atomic mass is 10.2. The van der Waals surface area contributed by atoms with E-state index in [0.29, 0.717) is 11.3 Å². The second-order valence-corrected chi connectivity index (χ2v) is 6.16. The molecular formula is C12H14N2O4S. The highest BCUT2D eigenvalue weighted by atomic mass is 32.2. The summed E-state index contributed by atoms with van der Waals surface area (Å²) in [5.41, 5.74) is 0.505. The number of sulfone groups is 1. The van der Waals surface area contributed by atoms with Crippen molar-refractivity contribution in [2.24, 2.45) is 0 Å². The maximum absolute atomic E-state index is 11.3. The number of nitrogens with one attached hydrogen (secondary N) is 1. The van der Waals surface area contributed by atoms with E-state index >= 15 is 0 Å². The molecule has 0 heterocycles. The molecule has 0 atom stereocenters. The van der Waals surface area contributed by atoms with Gasteiger partial charge in [-0.05, 0) is 24.3 Å². The zero-order valence-electron chi connectivity index (χ0n) is 10.4. The molecule has 6 nitrogen and oxygen atoms in total. The van der Waals surface area contributed by atoms with Crippen molar-refractivity contribution >= 4 is 15.7 Å². The number of hydrogen-bond acceptors (Lipinski definition) is 5. The van der Waals surface area contributed by atoms with E-state index < -0.39 is 15.7 Å². The van der Waals surface area contributed by atoms with Crippen LogP contribution in [-0.4, -0.2) is 39.5 Å². The molecule has 1 aromatic rings. The van der Waals surface area contributed by atoms with Crippen molar-refractivity contribution in [3.63, 3.8) is 0 Å². The monoisotopic (exact) mass is 282 g/mol. The van der Waals surface area contributed by atoms with Crippen molar-refractivity contribution in [1.82, 2.24) is 5.32 Å². The van der Waals surface area contributed by atoms with Crippen LogP contribution in [0.15, 0.2) is 24.3 Å². The molecule has 1 rings (SSSR count). The fraction of sp³-hybridized carbons (Fsp3) is 0.333. The fourth-order valence-electron chi connectivity index (χ4n) is 1.20. The molecule has 0 radical (unpaired) electrons. The van der Waals surface area contributed by atoms with Gasteiger partial charge < -0.3 is 10.1 Å². The van der Waals surface area contributed by atoms with Gasteiger partial charge in [0.1, 0.15) is 15.6 Å². The molecule has 1 N–H and O–H groups in total. The number of rotatable bonds is 6. The first-order valence-corrected chi connectivity index (χ1v) is 7.54. The first kappa shape index (κ1) is 15.0. The van der Waals surface area contributed by atoms with Crippen LogP contribution in [0.4, 0.5) is 0 Å². The lowest BCUT2D eigenvalue weighted by molar-refractivity contribution is -0.122. The molecule has 0 saturated carbocycles. The van der Waals surface area contributed by atoms with Crippen molar-refractivity contribution < 1.29 is 17.9 Å². The van der Waals surface area contributed by atoms with Gasteiger partial charge >= 0.3 is 0 Å². The van der Waals surface area contributed by atoms with E-state index in [2.05, 4.69) is 5.32 Å². The molecule has 0 aliphatic rings. The van der Waals surface area contributed by atoms with E-state index in [9.17, 15) is 13.2 Å². The molecule has 0 spiro atoms. The number of nitriles is 1. The van der Waals surface area contributed by atoms with Gasteiger partial charge in [-0.3, -0.25) is 4.79 Å². The summed E-state index contributed by atoms with van der Waals surface area (Å²) < 4.78 is 26.9. The average molecular weight is 282 g/mol. The second kappa shape index (κ2) is 6.75. The SMILES string of the molecule is CS(=O)(=O)CCNC(=O)COc1ccc(C#N)cc1. The molecule has 0 saturated heterocycles. The van der Waals surface area contributed by atoms with Gasteiger partial charge in [0, 0.05) is 12.8 Å². The molecule has 1 aromatic carbocycles. The minimum Gasteiger partial charge on any atom is -0.484 e. The summed E-state index contributed by atoms with van der Waals surface area (Å²) in [7, 11) is -3.08. The lowest BCUT2D eigenvalue weighted by Gasteiger charge is -2.07. The van der Waals surface area contributed by atoms with Crippen LogP contribution in [0.5, 0.6) is 5.75 Å². The summed E-state index contributed by atoms with van der Waals surface area (Å²) in [5, 5.41) is 11.0. The Morgan fingerprint density at radius 2 is 2.00 bits per heavy atom.